The number of nitrogens with zero attached hydrogens (tertiary/aromatic N) is 2. The van der Waals surface area contributed by atoms with Gasteiger partial charge in [0.25, 0.3) is 0 Å². The molecule has 0 aliphatic rings. The van der Waals surface area contributed by atoms with Gasteiger partial charge in [-0.1, -0.05) is 15.9 Å². The summed E-state index contributed by atoms with van der Waals surface area (Å²) in [7, 11) is 4.03. The van der Waals surface area contributed by atoms with Gasteiger partial charge in [0.05, 0.1) is 5.33 Å². The Kier molecular flexibility index (Phi) is 6.33. The Hall–Kier alpha value is -0.0900. The first-order valence-electron chi connectivity index (χ1n) is 4.53. The maximum Gasteiger partial charge on any atom is 0.233 e. The Morgan fingerprint density at radius 2 is 2.00 bits per heavy atom. The number of rotatable bonds is 5. The second kappa shape index (κ2) is 6.38. The monoisotopic (exact) mass is 250 g/mol. The smallest absolute Gasteiger partial charge is 0.233 e. The highest BCUT2D eigenvalue weighted by atomic mass is 79.9. The quantitative estimate of drug-likeness (QED) is 0.685. The zero-order valence-corrected chi connectivity index (χ0v) is 10.5. The number of amides is 1. The molecule has 0 spiro atoms. The van der Waals surface area contributed by atoms with E-state index in [1.54, 1.807) is 0 Å². The van der Waals surface area contributed by atoms with Gasteiger partial charge in [0, 0.05) is 19.1 Å². The fraction of sp³-hybridized carbons (Fsp3) is 0.889. The first-order chi connectivity index (χ1) is 6.02. The highest BCUT2D eigenvalue weighted by molar-refractivity contribution is 9.09. The van der Waals surface area contributed by atoms with E-state index in [1.807, 2.05) is 25.9 Å². The summed E-state index contributed by atoms with van der Waals surface area (Å²) >= 11 is 3.19. The number of likely N-dealkylation sites (N-methyl/N-ethyl adjacent to an activating group) is 2. The summed E-state index contributed by atoms with van der Waals surface area (Å²) in [6.07, 6.45) is 0. The SMILES string of the molecule is CCN(C(=O)CBr)C(C)CN(C)C. The second-order valence-electron chi connectivity index (χ2n) is 3.42. The Labute approximate surface area is 89.2 Å². The molecule has 0 rings (SSSR count). The molecule has 1 amide bonds. The predicted molar refractivity (Wildman–Crippen MR) is 59.2 cm³/mol. The number of halogens is 1. The predicted octanol–water partition coefficient (Wildman–Crippen LogP) is 1.18. The minimum atomic E-state index is 0.164. The van der Waals surface area contributed by atoms with E-state index in [9.17, 15) is 4.79 Å². The third-order valence-electron chi connectivity index (χ3n) is 1.94. The zero-order valence-electron chi connectivity index (χ0n) is 8.88. The molecule has 0 saturated carbocycles. The second-order valence-corrected chi connectivity index (χ2v) is 3.99. The van der Waals surface area contributed by atoms with Crippen molar-refractivity contribution in [3.63, 3.8) is 0 Å². The van der Waals surface area contributed by atoms with Crippen molar-refractivity contribution >= 4 is 21.8 Å². The first kappa shape index (κ1) is 12.9. The zero-order chi connectivity index (χ0) is 10.4. The lowest BCUT2D eigenvalue weighted by Crippen LogP contribution is -2.44. The minimum absolute atomic E-state index is 0.164. The number of carbonyl (C=O) groups excluding carboxylic acids is 1. The van der Waals surface area contributed by atoms with Crippen molar-refractivity contribution in [1.82, 2.24) is 9.80 Å². The van der Waals surface area contributed by atoms with Gasteiger partial charge >= 0.3 is 0 Å². The summed E-state index contributed by atoms with van der Waals surface area (Å²) in [4.78, 5) is 15.4. The average Bonchev–Trinajstić information content (AvgIpc) is 2.03. The van der Waals surface area contributed by atoms with E-state index in [2.05, 4.69) is 27.8 Å². The molecule has 0 aliphatic carbocycles. The molecule has 4 heteroatoms. The van der Waals surface area contributed by atoms with Crippen LogP contribution in [0, 0.1) is 0 Å². The van der Waals surface area contributed by atoms with E-state index < -0.39 is 0 Å². The third-order valence-corrected chi connectivity index (χ3v) is 2.42. The molecule has 0 bridgehead atoms. The van der Waals surface area contributed by atoms with Gasteiger partial charge in [-0.05, 0) is 27.9 Å². The maximum atomic E-state index is 11.4. The fourth-order valence-corrected chi connectivity index (χ4v) is 1.76. The van der Waals surface area contributed by atoms with Crippen LogP contribution in [0.2, 0.25) is 0 Å². The van der Waals surface area contributed by atoms with Gasteiger partial charge in [-0.2, -0.15) is 0 Å². The third kappa shape index (κ3) is 4.62. The number of carbonyl (C=O) groups is 1. The number of hydrogen-bond donors (Lipinski definition) is 0. The highest BCUT2D eigenvalue weighted by Gasteiger charge is 2.17. The minimum Gasteiger partial charge on any atom is -0.338 e. The van der Waals surface area contributed by atoms with Gasteiger partial charge in [0.1, 0.15) is 0 Å². The van der Waals surface area contributed by atoms with Crippen molar-refractivity contribution < 1.29 is 4.79 Å². The molecule has 0 fully saturated rings. The van der Waals surface area contributed by atoms with Crippen LogP contribution in [0.15, 0.2) is 0 Å². The lowest BCUT2D eigenvalue weighted by molar-refractivity contribution is -0.130. The molecule has 78 valence electrons. The van der Waals surface area contributed by atoms with Crippen molar-refractivity contribution in [2.75, 3.05) is 32.5 Å². The van der Waals surface area contributed by atoms with E-state index in [0.717, 1.165) is 13.1 Å². The van der Waals surface area contributed by atoms with Gasteiger partial charge in [-0.25, -0.2) is 0 Å². The van der Waals surface area contributed by atoms with Crippen LogP contribution in [0.3, 0.4) is 0 Å². The lowest BCUT2D eigenvalue weighted by atomic mass is 10.2. The van der Waals surface area contributed by atoms with Crippen LogP contribution in [0.1, 0.15) is 13.8 Å². The molecular weight excluding hydrogens is 232 g/mol. The van der Waals surface area contributed by atoms with Crippen LogP contribution < -0.4 is 0 Å². The van der Waals surface area contributed by atoms with Gasteiger partial charge in [-0.3, -0.25) is 4.79 Å². The van der Waals surface area contributed by atoms with Gasteiger partial charge in [0.15, 0.2) is 0 Å². The molecule has 0 aromatic carbocycles. The molecule has 13 heavy (non-hydrogen) atoms. The van der Waals surface area contributed by atoms with Crippen LogP contribution in [0.25, 0.3) is 0 Å². The van der Waals surface area contributed by atoms with Crippen LogP contribution in [-0.2, 0) is 4.79 Å². The molecule has 3 nitrogen and oxygen atoms in total. The molecule has 1 unspecified atom stereocenters. The summed E-state index contributed by atoms with van der Waals surface area (Å²) in [5.41, 5.74) is 0. The standard InChI is InChI=1S/C9H19BrN2O/c1-5-12(9(13)6-10)8(2)7-11(3)4/h8H,5-7H2,1-4H3. The Balaban J connectivity index is 4.14. The molecule has 0 heterocycles. The molecule has 0 N–H and O–H groups in total. The molecule has 0 saturated heterocycles. The summed E-state index contributed by atoms with van der Waals surface area (Å²) in [6, 6.07) is 0.282. The summed E-state index contributed by atoms with van der Waals surface area (Å²) < 4.78 is 0. The highest BCUT2D eigenvalue weighted by Crippen LogP contribution is 2.02. The van der Waals surface area contributed by atoms with E-state index in [0.29, 0.717) is 5.33 Å². The van der Waals surface area contributed by atoms with Crippen LogP contribution in [0.5, 0.6) is 0 Å². The Morgan fingerprint density at radius 1 is 1.46 bits per heavy atom. The molecule has 0 aliphatic heterocycles. The summed E-state index contributed by atoms with van der Waals surface area (Å²) in [5, 5.41) is 0.415. The van der Waals surface area contributed by atoms with E-state index in [4.69, 9.17) is 0 Å². The largest absolute Gasteiger partial charge is 0.338 e. The van der Waals surface area contributed by atoms with Gasteiger partial charge < -0.3 is 9.80 Å². The molecule has 0 aromatic rings. The first-order valence-corrected chi connectivity index (χ1v) is 5.65. The molecule has 1 atom stereocenters. The van der Waals surface area contributed by atoms with Crippen LogP contribution >= 0.6 is 15.9 Å². The van der Waals surface area contributed by atoms with Gasteiger partial charge in [0.2, 0.25) is 5.91 Å². The van der Waals surface area contributed by atoms with Crippen molar-refractivity contribution in [2.24, 2.45) is 0 Å². The molecule has 0 aromatic heterocycles. The number of hydrogen-bond acceptors (Lipinski definition) is 2. The Morgan fingerprint density at radius 3 is 2.31 bits per heavy atom. The Bertz CT molecular complexity index is 162. The van der Waals surface area contributed by atoms with Crippen molar-refractivity contribution in [3.8, 4) is 0 Å². The molecule has 0 radical (unpaired) electrons. The van der Waals surface area contributed by atoms with Crippen molar-refractivity contribution in [1.29, 1.82) is 0 Å². The van der Waals surface area contributed by atoms with Crippen molar-refractivity contribution in [3.05, 3.63) is 0 Å². The maximum absolute atomic E-state index is 11.4. The topological polar surface area (TPSA) is 23.6 Å². The van der Waals surface area contributed by atoms with Crippen molar-refractivity contribution in [2.45, 2.75) is 19.9 Å². The fourth-order valence-electron chi connectivity index (χ4n) is 1.44. The summed E-state index contributed by atoms with van der Waals surface area (Å²) in [5.74, 6) is 0.164. The van der Waals surface area contributed by atoms with Crippen LogP contribution in [0.4, 0.5) is 0 Å². The normalized spacial score (nSPS) is 13.1. The summed E-state index contributed by atoms with van der Waals surface area (Å²) in [6.45, 7) is 5.77. The van der Waals surface area contributed by atoms with E-state index in [-0.39, 0.29) is 11.9 Å². The van der Waals surface area contributed by atoms with Gasteiger partial charge in [-0.15, -0.1) is 0 Å². The van der Waals surface area contributed by atoms with Crippen LogP contribution in [-0.4, -0.2) is 54.3 Å². The van der Waals surface area contributed by atoms with E-state index >= 15 is 0 Å². The average molecular weight is 251 g/mol. The number of alkyl halides is 1. The lowest BCUT2D eigenvalue weighted by Gasteiger charge is -2.29. The van der Waals surface area contributed by atoms with E-state index in [1.165, 1.54) is 0 Å². The molecular formula is C9H19BrN2O.